The number of aryl methyl sites for hydroxylation is 1. The molecular weight excluding hydrogens is 384 g/mol. The summed E-state index contributed by atoms with van der Waals surface area (Å²) >= 11 is 1.93. The summed E-state index contributed by atoms with van der Waals surface area (Å²) in [6.07, 6.45) is 3.56. The summed E-state index contributed by atoms with van der Waals surface area (Å²) in [4.78, 5) is 20.1. The molecular formula is C22H30N4O2S. The van der Waals surface area contributed by atoms with Crippen LogP contribution in [0, 0.1) is 12.8 Å². The summed E-state index contributed by atoms with van der Waals surface area (Å²) < 4.78 is 5.21. The van der Waals surface area contributed by atoms with E-state index >= 15 is 0 Å². The molecule has 1 aromatic carbocycles. The number of nitrogens with one attached hydrogen (secondary N) is 2. The van der Waals surface area contributed by atoms with Crippen molar-refractivity contribution in [3.05, 3.63) is 54.0 Å². The predicted octanol–water partition coefficient (Wildman–Crippen LogP) is 3.40. The van der Waals surface area contributed by atoms with Gasteiger partial charge in [0, 0.05) is 49.4 Å². The van der Waals surface area contributed by atoms with Gasteiger partial charge in [0.1, 0.15) is 0 Å². The minimum absolute atomic E-state index is 0.157. The molecule has 29 heavy (non-hydrogen) atoms. The molecule has 0 bridgehead atoms. The van der Waals surface area contributed by atoms with Crippen molar-refractivity contribution in [2.24, 2.45) is 10.9 Å². The Morgan fingerprint density at radius 1 is 1.24 bits per heavy atom. The van der Waals surface area contributed by atoms with Gasteiger partial charge in [-0.05, 0) is 43.9 Å². The normalized spacial score (nSPS) is 16.8. The number of aliphatic imine (C=N–C) groups is 1. The number of thioether (sulfide) groups is 1. The summed E-state index contributed by atoms with van der Waals surface area (Å²) in [5.41, 5.74) is 0.857. The Labute approximate surface area is 177 Å². The second-order valence-corrected chi connectivity index (χ2v) is 8.33. The Morgan fingerprint density at radius 2 is 2.03 bits per heavy atom. The summed E-state index contributed by atoms with van der Waals surface area (Å²) in [6.45, 7) is 5.30. The number of benzene rings is 1. The number of nitrogens with zero attached hydrogens (tertiary/aromatic N) is 2. The third-order valence-electron chi connectivity index (χ3n) is 5.02. The zero-order valence-electron chi connectivity index (χ0n) is 17.2. The molecule has 6 nitrogen and oxygen atoms in total. The van der Waals surface area contributed by atoms with E-state index in [0.717, 1.165) is 43.3 Å². The van der Waals surface area contributed by atoms with Gasteiger partial charge in [0.05, 0.1) is 6.26 Å². The molecule has 0 aliphatic carbocycles. The topological polar surface area (TPSA) is 69.9 Å². The van der Waals surface area contributed by atoms with Crippen LogP contribution in [0.5, 0.6) is 0 Å². The van der Waals surface area contributed by atoms with Gasteiger partial charge < -0.3 is 20.0 Å². The quantitative estimate of drug-likeness (QED) is 0.300. The molecule has 2 N–H and O–H groups in total. The van der Waals surface area contributed by atoms with Crippen molar-refractivity contribution in [2.75, 3.05) is 39.0 Å². The van der Waals surface area contributed by atoms with Crippen molar-refractivity contribution in [1.82, 2.24) is 15.5 Å². The van der Waals surface area contributed by atoms with Gasteiger partial charge in [0.25, 0.3) is 5.91 Å². The number of hydrogen-bond acceptors (Lipinski definition) is 4. The summed E-state index contributed by atoms with van der Waals surface area (Å²) in [5.74, 6) is 3.00. The van der Waals surface area contributed by atoms with Crippen molar-refractivity contribution in [3.63, 3.8) is 0 Å². The van der Waals surface area contributed by atoms with Crippen LogP contribution < -0.4 is 10.6 Å². The highest BCUT2D eigenvalue weighted by Crippen LogP contribution is 2.25. The number of amides is 1. The highest BCUT2D eigenvalue weighted by molar-refractivity contribution is 7.99. The number of carbonyl (C=O) groups is 1. The first-order valence-electron chi connectivity index (χ1n) is 10.1. The van der Waals surface area contributed by atoms with Crippen LogP contribution in [0.4, 0.5) is 0 Å². The van der Waals surface area contributed by atoms with Gasteiger partial charge in [0.2, 0.25) is 0 Å². The number of hydrogen-bond donors (Lipinski definition) is 2. The first-order chi connectivity index (χ1) is 14.2. The minimum atomic E-state index is -0.157. The maximum Gasteiger partial charge on any atom is 0.287 e. The standard InChI is InChI=1S/C22H30N4O2S/c1-17-10-14-28-20(17)21(27)24-11-6-12-25-22(23-2)26-13-9-18(15-26)16-29-19-7-4-3-5-8-19/h3-5,7-8,10,14,18H,6,9,11-13,15-16H2,1-2H3,(H,23,25)(H,24,27). The zero-order valence-corrected chi connectivity index (χ0v) is 18.0. The fourth-order valence-corrected chi connectivity index (χ4v) is 4.45. The lowest BCUT2D eigenvalue weighted by molar-refractivity contribution is 0.0925. The fraction of sp³-hybridized carbons (Fsp3) is 0.455. The van der Waals surface area contributed by atoms with Gasteiger partial charge in [-0.2, -0.15) is 0 Å². The number of likely N-dealkylation sites (tertiary alicyclic amines) is 1. The summed E-state index contributed by atoms with van der Waals surface area (Å²) in [6, 6.07) is 12.4. The van der Waals surface area contributed by atoms with E-state index in [1.54, 1.807) is 6.07 Å². The van der Waals surface area contributed by atoms with Crippen LogP contribution in [0.15, 0.2) is 57.0 Å². The first kappa shape index (κ1) is 21.3. The Balaban J connectivity index is 1.33. The average Bonchev–Trinajstić information content (AvgIpc) is 3.39. The van der Waals surface area contributed by atoms with E-state index in [-0.39, 0.29) is 5.91 Å². The lowest BCUT2D eigenvalue weighted by Gasteiger charge is -2.21. The molecule has 0 radical (unpaired) electrons. The van der Waals surface area contributed by atoms with Crippen LogP contribution >= 0.6 is 11.8 Å². The number of carbonyl (C=O) groups excluding carboxylic acids is 1. The molecule has 156 valence electrons. The van der Waals surface area contributed by atoms with Crippen molar-refractivity contribution >= 4 is 23.6 Å². The third-order valence-corrected chi connectivity index (χ3v) is 6.26. The van der Waals surface area contributed by atoms with Crippen LogP contribution in [0.25, 0.3) is 0 Å². The van der Waals surface area contributed by atoms with Crippen molar-refractivity contribution < 1.29 is 9.21 Å². The average molecular weight is 415 g/mol. The molecule has 0 saturated carbocycles. The second-order valence-electron chi connectivity index (χ2n) is 7.24. The van der Waals surface area contributed by atoms with Gasteiger partial charge in [-0.15, -0.1) is 11.8 Å². The minimum Gasteiger partial charge on any atom is -0.459 e. The number of rotatable bonds is 8. The molecule has 0 spiro atoms. The Hall–Kier alpha value is -2.41. The molecule has 2 heterocycles. The molecule has 3 rings (SSSR count). The lowest BCUT2D eigenvalue weighted by atomic mass is 10.2. The van der Waals surface area contributed by atoms with E-state index in [0.29, 0.717) is 18.2 Å². The highest BCUT2D eigenvalue weighted by atomic mass is 32.2. The van der Waals surface area contributed by atoms with Crippen molar-refractivity contribution in [1.29, 1.82) is 0 Å². The van der Waals surface area contributed by atoms with E-state index in [2.05, 4.69) is 50.9 Å². The van der Waals surface area contributed by atoms with Crippen molar-refractivity contribution in [3.8, 4) is 0 Å². The van der Waals surface area contributed by atoms with E-state index in [1.807, 2.05) is 25.7 Å². The predicted molar refractivity (Wildman–Crippen MR) is 119 cm³/mol. The molecule has 1 amide bonds. The van der Waals surface area contributed by atoms with Crippen LogP contribution in [0.2, 0.25) is 0 Å². The molecule has 1 atom stereocenters. The molecule has 1 aliphatic rings. The van der Waals surface area contributed by atoms with Crippen LogP contribution in [-0.4, -0.2) is 55.7 Å². The van der Waals surface area contributed by atoms with Crippen molar-refractivity contribution in [2.45, 2.75) is 24.7 Å². The SMILES string of the molecule is CN=C(NCCCNC(=O)c1occc1C)N1CCC(CSc2ccccc2)C1. The fourth-order valence-electron chi connectivity index (χ4n) is 3.40. The maximum atomic E-state index is 12.0. The van der Waals surface area contributed by atoms with Crippen LogP contribution in [0.3, 0.4) is 0 Å². The maximum absolute atomic E-state index is 12.0. The van der Waals surface area contributed by atoms with Gasteiger partial charge in [-0.1, -0.05) is 18.2 Å². The monoisotopic (exact) mass is 414 g/mol. The lowest BCUT2D eigenvalue weighted by Crippen LogP contribution is -2.41. The van der Waals surface area contributed by atoms with Gasteiger partial charge in [-0.3, -0.25) is 9.79 Å². The number of furan rings is 1. The molecule has 1 unspecified atom stereocenters. The number of guanidine groups is 1. The summed E-state index contributed by atoms with van der Waals surface area (Å²) in [5, 5.41) is 6.32. The zero-order chi connectivity index (χ0) is 20.5. The molecule has 1 aromatic heterocycles. The first-order valence-corrected chi connectivity index (χ1v) is 11.1. The second kappa shape index (κ2) is 11.0. The largest absolute Gasteiger partial charge is 0.459 e. The summed E-state index contributed by atoms with van der Waals surface area (Å²) in [7, 11) is 1.83. The van der Waals surface area contributed by atoms with Gasteiger partial charge in [-0.25, -0.2) is 0 Å². The van der Waals surface area contributed by atoms with E-state index in [4.69, 9.17) is 4.42 Å². The third kappa shape index (κ3) is 6.29. The van der Waals surface area contributed by atoms with Crippen LogP contribution in [-0.2, 0) is 0 Å². The van der Waals surface area contributed by atoms with E-state index in [9.17, 15) is 4.79 Å². The van der Waals surface area contributed by atoms with Crippen LogP contribution in [0.1, 0.15) is 29.0 Å². The Bertz CT molecular complexity index is 806. The molecule has 1 fully saturated rings. The highest BCUT2D eigenvalue weighted by Gasteiger charge is 2.24. The van der Waals surface area contributed by atoms with E-state index in [1.165, 1.54) is 17.6 Å². The van der Waals surface area contributed by atoms with Gasteiger partial charge in [0.15, 0.2) is 11.7 Å². The van der Waals surface area contributed by atoms with E-state index < -0.39 is 0 Å². The smallest absolute Gasteiger partial charge is 0.287 e. The van der Waals surface area contributed by atoms with Gasteiger partial charge >= 0.3 is 0 Å². The molecule has 1 aliphatic heterocycles. The Morgan fingerprint density at radius 3 is 2.76 bits per heavy atom. The molecule has 7 heteroatoms. The molecule has 1 saturated heterocycles. The molecule has 2 aromatic rings. The Kier molecular flexibility index (Phi) is 8.04.